The van der Waals surface area contributed by atoms with Gasteiger partial charge < -0.3 is 14.3 Å². The fourth-order valence-corrected chi connectivity index (χ4v) is 2.89. The molecule has 1 aromatic carbocycles. The molecule has 6 heteroatoms. The number of nitrogens with zero attached hydrogens (tertiary/aromatic N) is 3. The topological polar surface area (TPSA) is 66.7 Å². The van der Waals surface area contributed by atoms with Gasteiger partial charge in [-0.3, -0.25) is 9.59 Å². The molecular weight excluding hydrogens is 294 g/mol. The summed E-state index contributed by atoms with van der Waals surface area (Å²) in [5.41, 5.74) is 1.31. The molecular formula is C17H19N3O3. The van der Waals surface area contributed by atoms with Gasteiger partial charge in [-0.25, -0.2) is 0 Å². The summed E-state index contributed by atoms with van der Waals surface area (Å²) >= 11 is 0. The van der Waals surface area contributed by atoms with Crippen LogP contribution in [0.1, 0.15) is 34.8 Å². The lowest BCUT2D eigenvalue weighted by Crippen LogP contribution is -2.51. The maximum absolute atomic E-state index is 12.8. The molecule has 1 aliphatic rings. The van der Waals surface area contributed by atoms with Gasteiger partial charge in [0.05, 0.1) is 6.04 Å². The third-order valence-corrected chi connectivity index (χ3v) is 4.12. The first-order valence-electron chi connectivity index (χ1n) is 7.61. The van der Waals surface area contributed by atoms with Crippen LogP contribution in [0.5, 0.6) is 0 Å². The number of piperazine rings is 1. The fraction of sp³-hybridized carbons (Fsp3) is 0.353. The highest BCUT2D eigenvalue weighted by Crippen LogP contribution is 2.27. The third kappa shape index (κ3) is 3.11. The van der Waals surface area contributed by atoms with Crippen molar-refractivity contribution < 1.29 is 14.1 Å². The first-order valence-corrected chi connectivity index (χ1v) is 7.61. The number of aryl methyl sites for hydroxylation is 1. The van der Waals surface area contributed by atoms with Crippen molar-refractivity contribution in [3.05, 3.63) is 53.4 Å². The summed E-state index contributed by atoms with van der Waals surface area (Å²) in [6.45, 7) is 4.81. The van der Waals surface area contributed by atoms with Crippen LogP contribution < -0.4 is 0 Å². The van der Waals surface area contributed by atoms with E-state index < -0.39 is 0 Å². The highest BCUT2D eigenvalue weighted by Gasteiger charge is 2.34. The van der Waals surface area contributed by atoms with E-state index in [0.29, 0.717) is 31.1 Å². The smallest absolute Gasteiger partial charge is 0.276 e. The average Bonchev–Trinajstić information content (AvgIpc) is 3.01. The van der Waals surface area contributed by atoms with Crippen LogP contribution >= 0.6 is 0 Å². The summed E-state index contributed by atoms with van der Waals surface area (Å²) in [7, 11) is 0. The van der Waals surface area contributed by atoms with Gasteiger partial charge in [-0.1, -0.05) is 35.5 Å². The molecule has 1 saturated heterocycles. The predicted octanol–water partition coefficient (Wildman–Crippen LogP) is 2.03. The number of benzene rings is 1. The van der Waals surface area contributed by atoms with Crippen molar-refractivity contribution in [3.63, 3.8) is 0 Å². The molecule has 1 aromatic heterocycles. The number of carbonyl (C=O) groups excluding carboxylic acids is 2. The second kappa shape index (κ2) is 6.24. The van der Waals surface area contributed by atoms with Crippen LogP contribution in [0.25, 0.3) is 0 Å². The molecule has 0 N–H and O–H groups in total. The molecule has 6 nitrogen and oxygen atoms in total. The maximum Gasteiger partial charge on any atom is 0.276 e. The molecule has 0 radical (unpaired) electrons. The van der Waals surface area contributed by atoms with E-state index in [-0.39, 0.29) is 17.9 Å². The molecule has 2 heterocycles. The van der Waals surface area contributed by atoms with E-state index in [2.05, 4.69) is 5.16 Å². The van der Waals surface area contributed by atoms with E-state index in [1.54, 1.807) is 29.7 Å². The highest BCUT2D eigenvalue weighted by atomic mass is 16.5. The minimum absolute atomic E-state index is 0.0234. The number of aromatic nitrogens is 1. The summed E-state index contributed by atoms with van der Waals surface area (Å²) in [6.07, 6.45) is 0. The Morgan fingerprint density at radius 2 is 1.96 bits per heavy atom. The van der Waals surface area contributed by atoms with Crippen LogP contribution in [-0.2, 0) is 4.79 Å². The molecule has 2 amide bonds. The van der Waals surface area contributed by atoms with Crippen molar-refractivity contribution in [1.82, 2.24) is 15.0 Å². The van der Waals surface area contributed by atoms with Crippen molar-refractivity contribution in [1.29, 1.82) is 0 Å². The molecule has 23 heavy (non-hydrogen) atoms. The van der Waals surface area contributed by atoms with Gasteiger partial charge in [0.2, 0.25) is 5.91 Å². The molecule has 0 aliphatic carbocycles. The number of amides is 2. The summed E-state index contributed by atoms with van der Waals surface area (Å²) in [5, 5.41) is 3.83. The Bertz CT molecular complexity index is 711. The van der Waals surface area contributed by atoms with Crippen molar-refractivity contribution >= 4 is 11.8 Å². The standard InChI is InChI=1S/C17H19N3O3/c1-12-10-15(18-23-12)17(22)20-9-8-19(13(2)21)11-16(20)14-6-4-3-5-7-14/h3-7,10,16H,8-9,11H2,1-2H3/t16-/m0/s1. The summed E-state index contributed by atoms with van der Waals surface area (Å²) in [4.78, 5) is 28.0. The predicted molar refractivity (Wildman–Crippen MR) is 83.7 cm³/mol. The zero-order valence-electron chi connectivity index (χ0n) is 13.2. The minimum atomic E-state index is -0.182. The third-order valence-electron chi connectivity index (χ3n) is 4.12. The molecule has 0 unspecified atom stereocenters. The molecule has 1 aliphatic heterocycles. The Labute approximate surface area is 134 Å². The van der Waals surface area contributed by atoms with E-state index in [4.69, 9.17) is 4.52 Å². The van der Waals surface area contributed by atoms with Gasteiger partial charge in [0, 0.05) is 32.6 Å². The summed E-state index contributed by atoms with van der Waals surface area (Å²) in [5.74, 6) is 0.459. The van der Waals surface area contributed by atoms with E-state index >= 15 is 0 Å². The summed E-state index contributed by atoms with van der Waals surface area (Å²) in [6, 6.07) is 11.2. The van der Waals surface area contributed by atoms with Crippen molar-refractivity contribution in [2.45, 2.75) is 19.9 Å². The Morgan fingerprint density at radius 1 is 1.22 bits per heavy atom. The van der Waals surface area contributed by atoms with E-state index in [9.17, 15) is 9.59 Å². The van der Waals surface area contributed by atoms with Crippen molar-refractivity contribution in [2.24, 2.45) is 0 Å². The van der Waals surface area contributed by atoms with Crippen LogP contribution in [0, 0.1) is 6.92 Å². The second-order valence-electron chi connectivity index (χ2n) is 5.71. The van der Waals surface area contributed by atoms with Crippen molar-refractivity contribution in [2.75, 3.05) is 19.6 Å². The number of hydrogen-bond acceptors (Lipinski definition) is 4. The van der Waals surface area contributed by atoms with Crippen LogP contribution in [0.3, 0.4) is 0 Å². The van der Waals surface area contributed by atoms with E-state index in [0.717, 1.165) is 5.56 Å². The van der Waals surface area contributed by atoms with Crippen LogP contribution in [-0.4, -0.2) is 46.4 Å². The molecule has 1 atom stereocenters. The van der Waals surface area contributed by atoms with Gasteiger partial charge >= 0.3 is 0 Å². The lowest BCUT2D eigenvalue weighted by Gasteiger charge is -2.41. The zero-order valence-corrected chi connectivity index (χ0v) is 13.2. The Morgan fingerprint density at radius 3 is 2.57 bits per heavy atom. The van der Waals surface area contributed by atoms with E-state index in [1.165, 1.54) is 0 Å². The number of rotatable bonds is 2. The molecule has 0 spiro atoms. The molecule has 120 valence electrons. The van der Waals surface area contributed by atoms with Crippen LogP contribution in [0.4, 0.5) is 0 Å². The van der Waals surface area contributed by atoms with Gasteiger partial charge in [-0.15, -0.1) is 0 Å². The Hall–Kier alpha value is -2.63. The lowest BCUT2D eigenvalue weighted by molar-refractivity contribution is -0.131. The van der Waals surface area contributed by atoms with Crippen LogP contribution in [0.2, 0.25) is 0 Å². The summed E-state index contributed by atoms with van der Waals surface area (Å²) < 4.78 is 5.01. The average molecular weight is 313 g/mol. The SMILES string of the molecule is CC(=O)N1CCN(C(=O)c2cc(C)on2)[C@H](c2ccccc2)C1. The first kappa shape index (κ1) is 15.3. The molecule has 1 fully saturated rings. The monoisotopic (exact) mass is 313 g/mol. The maximum atomic E-state index is 12.8. The van der Waals surface area contributed by atoms with Gasteiger partial charge in [0.25, 0.3) is 5.91 Å². The molecule has 3 rings (SSSR count). The molecule has 0 bridgehead atoms. The fourth-order valence-electron chi connectivity index (χ4n) is 2.89. The Kier molecular flexibility index (Phi) is 4.14. The minimum Gasteiger partial charge on any atom is -0.361 e. The highest BCUT2D eigenvalue weighted by molar-refractivity contribution is 5.92. The van der Waals surface area contributed by atoms with Gasteiger partial charge in [-0.2, -0.15) is 0 Å². The van der Waals surface area contributed by atoms with Crippen molar-refractivity contribution in [3.8, 4) is 0 Å². The zero-order chi connectivity index (χ0) is 16.4. The largest absolute Gasteiger partial charge is 0.361 e. The number of hydrogen-bond donors (Lipinski definition) is 0. The van der Waals surface area contributed by atoms with Gasteiger partial charge in [0.1, 0.15) is 5.76 Å². The first-order chi connectivity index (χ1) is 11.1. The van der Waals surface area contributed by atoms with Gasteiger partial charge in [-0.05, 0) is 12.5 Å². The lowest BCUT2D eigenvalue weighted by atomic mass is 10.0. The normalized spacial score (nSPS) is 18.1. The van der Waals surface area contributed by atoms with Crippen LogP contribution in [0.15, 0.2) is 40.9 Å². The quantitative estimate of drug-likeness (QED) is 0.851. The second-order valence-corrected chi connectivity index (χ2v) is 5.71. The number of carbonyl (C=O) groups is 2. The molecule has 0 saturated carbocycles. The van der Waals surface area contributed by atoms with E-state index in [1.807, 2.05) is 30.3 Å². The van der Waals surface area contributed by atoms with Gasteiger partial charge in [0.15, 0.2) is 5.69 Å². The molecule has 2 aromatic rings. The Balaban J connectivity index is 1.90.